The summed E-state index contributed by atoms with van der Waals surface area (Å²) in [6.45, 7) is 0.537. The lowest BCUT2D eigenvalue weighted by Gasteiger charge is -2.19. The summed E-state index contributed by atoms with van der Waals surface area (Å²) in [5.74, 6) is 0.139. The summed E-state index contributed by atoms with van der Waals surface area (Å²) in [5, 5.41) is 12.8. The lowest BCUT2D eigenvalue weighted by molar-refractivity contribution is -0.118. The molecule has 1 aromatic carbocycles. The smallest absolute Gasteiger partial charge is 0.229 e. The molecule has 3 aromatic heterocycles. The van der Waals surface area contributed by atoms with E-state index in [4.69, 9.17) is 15.1 Å². The van der Waals surface area contributed by atoms with Crippen molar-refractivity contribution in [2.24, 2.45) is 5.73 Å². The molecule has 4 rings (SSSR count). The number of primary amides is 1. The molecule has 1 atom stereocenters. The molecule has 0 spiro atoms. The van der Waals surface area contributed by atoms with E-state index in [0.29, 0.717) is 46.7 Å². The number of nitrogens with zero attached hydrogens (tertiary/aromatic N) is 3. The molecule has 0 bridgehead atoms. The summed E-state index contributed by atoms with van der Waals surface area (Å²) in [7, 11) is 0. The molecule has 1 amide bonds. The second-order valence-corrected chi connectivity index (χ2v) is 7.17. The van der Waals surface area contributed by atoms with Crippen LogP contribution in [0.2, 0.25) is 0 Å². The van der Waals surface area contributed by atoms with Gasteiger partial charge in [-0.1, -0.05) is 30.3 Å². The Morgan fingerprint density at radius 1 is 1.12 bits per heavy atom. The van der Waals surface area contributed by atoms with Crippen LogP contribution >= 0.6 is 0 Å². The van der Waals surface area contributed by atoms with Gasteiger partial charge in [-0.3, -0.25) is 9.78 Å². The number of aromatic nitrogens is 2. The lowest BCUT2D eigenvalue weighted by Crippen LogP contribution is -2.24. The van der Waals surface area contributed by atoms with Crippen molar-refractivity contribution in [1.29, 1.82) is 5.26 Å². The van der Waals surface area contributed by atoms with Crippen molar-refractivity contribution in [3.63, 3.8) is 0 Å². The predicted molar refractivity (Wildman–Crippen MR) is 121 cm³/mol. The van der Waals surface area contributed by atoms with Crippen LogP contribution in [0, 0.1) is 11.3 Å². The fraction of sp³-hybridized carbons (Fsp3) is 0.120. The van der Waals surface area contributed by atoms with Crippen molar-refractivity contribution in [3.05, 3.63) is 102 Å². The van der Waals surface area contributed by atoms with Crippen molar-refractivity contribution in [3.8, 4) is 17.3 Å². The summed E-state index contributed by atoms with van der Waals surface area (Å²) >= 11 is 0. The van der Waals surface area contributed by atoms with E-state index in [1.54, 1.807) is 36.9 Å². The first-order chi connectivity index (χ1) is 15.7. The highest BCUT2D eigenvalue weighted by Crippen LogP contribution is 2.32. The average Bonchev–Trinajstić information content (AvgIpc) is 3.34. The van der Waals surface area contributed by atoms with E-state index < -0.39 is 11.8 Å². The van der Waals surface area contributed by atoms with E-state index in [9.17, 15) is 10.1 Å². The summed E-state index contributed by atoms with van der Waals surface area (Å²) in [4.78, 5) is 21.4. The zero-order valence-electron chi connectivity index (χ0n) is 17.2. The Kier molecular flexibility index (Phi) is 6.23. The van der Waals surface area contributed by atoms with E-state index in [2.05, 4.69) is 16.4 Å². The zero-order chi connectivity index (χ0) is 22.3. The van der Waals surface area contributed by atoms with Crippen LogP contribution in [0.5, 0.6) is 0 Å². The topological polar surface area (TPSA) is 118 Å². The minimum atomic E-state index is -0.720. The van der Waals surface area contributed by atoms with Crippen LogP contribution in [0.4, 0.5) is 5.82 Å². The van der Waals surface area contributed by atoms with Crippen LogP contribution in [-0.2, 0) is 11.2 Å². The number of hydrogen-bond acceptors (Lipinski definition) is 6. The Morgan fingerprint density at radius 2 is 2.00 bits per heavy atom. The number of amides is 1. The number of anilines is 1. The van der Waals surface area contributed by atoms with Gasteiger partial charge >= 0.3 is 0 Å². The van der Waals surface area contributed by atoms with Crippen molar-refractivity contribution in [2.75, 3.05) is 11.9 Å². The highest BCUT2D eigenvalue weighted by Gasteiger charge is 2.25. The molecule has 158 valence electrons. The summed E-state index contributed by atoms with van der Waals surface area (Å²) < 4.78 is 5.40. The molecule has 0 fully saturated rings. The molecular weight excluding hydrogens is 402 g/mol. The number of rotatable bonds is 8. The van der Waals surface area contributed by atoms with Gasteiger partial charge in [0.25, 0.3) is 0 Å². The molecule has 7 nitrogen and oxygen atoms in total. The molecule has 32 heavy (non-hydrogen) atoms. The summed E-state index contributed by atoms with van der Waals surface area (Å²) in [6, 6.07) is 20.4. The predicted octanol–water partition coefficient (Wildman–Crippen LogP) is 3.88. The van der Waals surface area contributed by atoms with Gasteiger partial charge in [-0.05, 0) is 35.9 Å². The number of hydrogen-bond donors (Lipinski definition) is 2. The van der Waals surface area contributed by atoms with E-state index in [1.165, 1.54) is 0 Å². The van der Waals surface area contributed by atoms with E-state index in [-0.39, 0.29) is 0 Å². The SMILES string of the molecule is N#Cc1ccccc1-c1ccc(C(C(N)=O)c2cccnc2)c(NCCc2ccco2)n1. The van der Waals surface area contributed by atoms with Gasteiger partial charge in [0.05, 0.1) is 29.5 Å². The monoisotopic (exact) mass is 423 g/mol. The minimum Gasteiger partial charge on any atom is -0.469 e. The number of furan rings is 1. The van der Waals surface area contributed by atoms with Crippen LogP contribution in [0.3, 0.4) is 0 Å². The van der Waals surface area contributed by atoms with Gasteiger partial charge in [-0.2, -0.15) is 5.26 Å². The van der Waals surface area contributed by atoms with E-state index >= 15 is 0 Å². The first-order valence-corrected chi connectivity index (χ1v) is 10.1. The van der Waals surface area contributed by atoms with Gasteiger partial charge in [0, 0.05) is 36.5 Å². The highest BCUT2D eigenvalue weighted by atomic mass is 16.3. The normalized spacial score (nSPS) is 11.5. The Morgan fingerprint density at radius 3 is 2.72 bits per heavy atom. The second kappa shape index (κ2) is 9.58. The van der Waals surface area contributed by atoms with Crippen molar-refractivity contribution >= 4 is 11.7 Å². The van der Waals surface area contributed by atoms with Gasteiger partial charge in [-0.25, -0.2) is 4.98 Å². The molecule has 0 radical (unpaired) electrons. The lowest BCUT2D eigenvalue weighted by atomic mass is 9.91. The number of nitrogens with two attached hydrogens (primary N) is 1. The Bertz CT molecular complexity index is 1250. The van der Waals surface area contributed by atoms with E-state index in [0.717, 1.165) is 5.76 Å². The molecule has 3 heterocycles. The summed E-state index contributed by atoms with van der Waals surface area (Å²) in [6.07, 6.45) is 5.54. The standard InChI is InChI=1S/C25H21N5O2/c26-15-17-5-1-2-8-20(17)22-10-9-21(23(24(27)31)18-6-3-12-28-16-18)25(30-22)29-13-11-19-7-4-14-32-19/h1-10,12,14,16,23H,11,13H2,(H2,27,31)(H,29,30). The third kappa shape index (κ3) is 4.50. The molecule has 0 aliphatic carbocycles. The quantitative estimate of drug-likeness (QED) is 0.444. The maximum atomic E-state index is 12.4. The third-order valence-electron chi connectivity index (χ3n) is 5.11. The second-order valence-electron chi connectivity index (χ2n) is 7.17. The largest absolute Gasteiger partial charge is 0.469 e. The number of nitriles is 1. The van der Waals surface area contributed by atoms with Crippen LogP contribution in [0.15, 0.2) is 83.7 Å². The zero-order valence-corrected chi connectivity index (χ0v) is 17.2. The fourth-order valence-corrected chi connectivity index (χ4v) is 3.60. The molecule has 0 saturated carbocycles. The number of pyridine rings is 2. The van der Waals surface area contributed by atoms with Gasteiger partial charge in [0.15, 0.2) is 0 Å². The number of nitrogens with one attached hydrogen (secondary N) is 1. The van der Waals surface area contributed by atoms with Gasteiger partial charge < -0.3 is 15.5 Å². The van der Waals surface area contributed by atoms with Gasteiger partial charge in [-0.15, -0.1) is 0 Å². The van der Waals surface area contributed by atoms with E-state index in [1.807, 2.05) is 42.5 Å². The Hall–Kier alpha value is -4.44. The fourth-order valence-electron chi connectivity index (χ4n) is 3.60. The van der Waals surface area contributed by atoms with Crippen LogP contribution in [0.1, 0.15) is 28.4 Å². The number of benzene rings is 1. The van der Waals surface area contributed by atoms with Crippen molar-refractivity contribution in [2.45, 2.75) is 12.3 Å². The molecule has 4 aromatic rings. The van der Waals surface area contributed by atoms with Gasteiger partial charge in [0.1, 0.15) is 11.6 Å². The molecule has 1 unspecified atom stereocenters. The number of carbonyl (C=O) groups is 1. The third-order valence-corrected chi connectivity index (χ3v) is 5.11. The van der Waals surface area contributed by atoms with Gasteiger partial charge in [0.2, 0.25) is 5.91 Å². The summed E-state index contributed by atoms with van der Waals surface area (Å²) in [5.41, 5.74) is 8.98. The molecule has 0 aliphatic heterocycles. The Balaban J connectivity index is 1.75. The first-order valence-electron chi connectivity index (χ1n) is 10.1. The maximum absolute atomic E-state index is 12.4. The molecular formula is C25H21N5O2. The van der Waals surface area contributed by atoms with Crippen LogP contribution < -0.4 is 11.1 Å². The van der Waals surface area contributed by atoms with Crippen LogP contribution in [0.25, 0.3) is 11.3 Å². The Labute approximate surface area is 185 Å². The average molecular weight is 423 g/mol. The van der Waals surface area contributed by atoms with Crippen molar-refractivity contribution in [1.82, 2.24) is 9.97 Å². The highest BCUT2D eigenvalue weighted by molar-refractivity contribution is 5.87. The maximum Gasteiger partial charge on any atom is 0.229 e. The molecule has 7 heteroatoms. The first kappa shape index (κ1) is 20.8. The number of carbonyl (C=O) groups excluding carboxylic acids is 1. The van der Waals surface area contributed by atoms with Crippen LogP contribution in [-0.4, -0.2) is 22.4 Å². The molecule has 0 aliphatic rings. The minimum absolute atomic E-state index is 0.501. The van der Waals surface area contributed by atoms with Crippen molar-refractivity contribution < 1.29 is 9.21 Å². The molecule has 3 N–H and O–H groups in total. The molecule has 0 saturated heterocycles.